The van der Waals surface area contributed by atoms with Crippen LogP contribution in [0.4, 0.5) is 0 Å². The number of hydrogen-bond acceptors (Lipinski definition) is 2. The first-order chi connectivity index (χ1) is 9.29. The number of fused-ring (bicyclic) bond motifs is 1. The first-order valence-corrected chi connectivity index (χ1v) is 7.11. The molecule has 1 aliphatic rings. The van der Waals surface area contributed by atoms with E-state index in [4.69, 9.17) is 0 Å². The zero-order valence-corrected chi connectivity index (χ0v) is 11.4. The number of aryl methyl sites for hydroxylation is 1. The van der Waals surface area contributed by atoms with Crippen LogP contribution in [-0.2, 0) is 13.0 Å². The van der Waals surface area contributed by atoms with E-state index in [1.165, 1.54) is 11.8 Å². The molecule has 3 heteroatoms. The summed E-state index contributed by atoms with van der Waals surface area (Å²) in [6.07, 6.45) is 2.08. The van der Waals surface area contributed by atoms with Gasteiger partial charge in [0.05, 0.1) is 5.52 Å². The number of nitrogens with one attached hydrogen (secondary N) is 1. The smallest absolute Gasteiger partial charge is 0.254 e. The summed E-state index contributed by atoms with van der Waals surface area (Å²) in [7, 11) is 0. The monoisotopic (exact) mass is 256 g/mol. The highest BCUT2D eigenvalue weighted by atomic mass is 16.1. The van der Waals surface area contributed by atoms with Gasteiger partial charge in [-0.05, 0) is 56.3 Å². The molecular weight excluding hydrogens is 236 g/mol. The highest BCUT2D eigenvalue weighted by molar-refractivity contribution is 5.79. The average Bonchev–Trinajstić information content (AvgIpc) is 2.93. The predicted octanol–water partition coefficient (Wildman–Crippen LogP) is 2.17. The molecule has 1 aliphatic heterocycles. The molecule has 0 aliphatic carbocycles. The predicted molar refractivity (Wildman–Crippen MR) is 78.6 cm³/mol. The topological polar surface area (TPSA) is 34.0 Å². The Morgan fingerprint density at radius 1 is 1.37 bits per heavy atom. The number of hydrogen-bond donors (Lipinski definition) is 1. The van der Waals surface area contributed by atoms with Crippen molar-refractivity contribution in [2.75, 3.05) is 13.1 Å². The molecule has 1 aromatic heterocycles. The molecule has 19 heavy (non-hydrogen) atoms. The molecule has 1 saturated heterocycles. The third-order valence-corrected chi connectivity index (χ3v) is 4.06. The van der Waals surface area contributed by atoms with Crippen LogP contribution < -0.4 is 10.9 Å². The van der Waals surface area contributed by atoms with E-state index < -0.39 is 0 Å². The van der Waals surface area contributed by atoms with Crippen LogP contribution in [0.15, 0.2) is 35.1 Å². The average molecular weight is 256 g/mol. The van der Waals surface area contributed by atoms with Crippen molar-refractivity contribution in [1.29, 1.82) is 0 Å². The summed E-state index contributed by atoms with van der Waals surface area (Å²) in [4.78, 5) is 12.5. The van der Waals surface area contributed by atoms with E-state index >= 15 is 0 Å². The fourth-order valence-electron chi connectivity index (χ4n) is 3.05. The number of rotatable bonds is 3. The molecule has 2 heterocycles. The van der Waals surface area contributed by atoms with Crippen LogP contribution in [0.1, 0.15) is 18.9 Å². The lowest BCUT2D eigenvalue weighted by molar-refractivity contribution is 0.572. The first-order valence-electron chi connectivity index (χ1n) is 7.11. The van der Waals surface area contributed by atoms with Crippen LogP contribution in [0.25, 0.3) is 10.9 Å². The van der Waals surface area contributed by atoms with E-state index in [-0.39, 0.29) is 5.56 Å². The largest absolute Gasteiger partial charge is 0.316 e. The number of pyridine rings is 1. The highest BCUT2D eigenvalue weighted by Gasteiger charge is 2.17. The molecule has 3 nitrogen and oxygen atoms in total. The maximum Gasteiger partial charge on any atom is 0.254 e. The second kappa shape index (κ2) is 5.17. The molecule has 1 N–H and O–H groups in total. The van der Waals surface area contributed by atoms with Crippen molar-refractivity contribution in [2.24, 2.45) is 5.92 Å². The molecule has 2 aromatic rings. The van der Waals surface area contributed by atoms with Crippen molar-refractivity contribution >= 4 is 10.9 Å². The van der Waals surface area contributed by atoms with Crippen molar-refractivity contribution < 1.29 is 0 Å². The zero-order valence-electron chi connectivity index (χ0n) is 11.4. The van der Waals surface area contributed by atoms with Gasteiger partial charge in [0.2, 0.25) is 0 Å². The van der Waals surface area contributed by atoms with Gasteiger partial charge in [0.15, 0.2) is 0 Å². The van der Waals surface area contributed by atoms with Crippen molar-refractivity contribution in [3.8, 4) is 0 Å². The minimum Gasteiger partial charge on any atom is -0.316 e. The molecule has 0 spiro atoms. The zero-order chi connectivity index (χ0) is 13.2. The van der Waals surface area contributed by atoms with Crippen LogP contribution in [0.3, 0.4) is 0 Å². The second-order valence-corrected chi connectivity index (χ2v) is 5.34. The Labute approximate surface area is 113 Å². The van der Waals surface area contributed by atoms with E-state index in [9.17, 15) is 4.79 Å². The summed E-state index contributed by atoms with van der Waals surface area (Å²) < 4.78 is 1.90. The fraction of sp³-hybridized carbons (Fsp3) is 0.438. The maximum atomic E-state index is 12.5. The highest BCUT2D eigenvalue weighted by Crippen LogP contribution is 2.17. The molecular formula is C16H20N2O. The molecule has 0 radical (unpaired) electrons. The van der Waals surface area contributed by atoms with Gasteiger partial charge in [-0.3, -0.25) is 4.79 Å². The summed E-state index contributed by atoms with van der Waals surface area (Å²) in [5.74, 6) is 0.610. The van der Waals surface area contributed by atoms with E-state index in [1.807, 2.05) is 29.7 Å². The van der Waals surface area contributed by atoms with Crippen LogP contribution in [-0.4, -0.2) is 17.7 Å². The molecule has 0 saturated carbocycles. The summed E-state index contributed by atoms with van der Waals surface area (Å²) in [5, 5.41) is 4.54. The second-order valence-electron chi connectivity index (χ2n) is 5.34. The van der Waals surface area contributed by atoms with Gasteiger partial charge in [0.1, 0.15) is 0 Å². The number of nitrogens with zero attached hydrogens (tertiary/aromatic N) is 1. The summed E-state index contributed by atoms with van der Waals surface area (Å²) in [5.41, 5.74) is 2.20. The Hall–Kier alpha value is -1.61. The Morgan fingerprint density at radius 3 is 2.95 bits per heavy atom. The van der Waals surface area contributed by atoms with Gasteiger partial charge >= 0.3 is 0 Å². The van der Waals surface area contributed by atoms with Gasteiger partial charge in [0.25, 0.3) is 5.56 Å². The maximum absolute atomic E-state index is 12.5. The minimum atomic E-state index is 0.188. The lowest BCUT2D eigenvalue weighted by Gasteiger charge is -2.13. The van der Waals surface area contributed by atoms with E-state index in [2.05, 4.69) is 17.4 Å². The van der Waals surface area contributed by atoms with Crippen LogP contribution >= 0.6 is 0 Å². The quantitative estimate of drug-likeness (QED) is 0.913. The molecule has 1 aromatic carbocycles. The van der Waals surface area contributed by atoms with Gasteiger partial charge < -0.3 is 9.88 Å². The summed E-state index contributed by atoms with van der Waals surface area (Å²) in [6, 6.07) is 10.2. The lowest BCUT2D eigenvalue weighted by Crippen LogP contribution is -2.25. The Balaban J connectivity index is 2.08. The van der Waals surface area contributed by atoms with Crippen molar-refractivity contribution in [3.05, 3.63) is 46.2 Å². The van der Waals surface area contributed by atoms with Crippen molar-refractivity contribution in [2.45, 2.75) is 26.3 Å². The molecule has 0 amide bonds. The fourth-order valence-corrected chi connectivity index (χ4v) is 3.05. The summed E-state index contributed by atoms with van der Waals surface area (Å²) >= 11 is 0. The minimum absolute atomic E-state index is 0.188. The third-order valence-electron chi connectivity index (χ3n) is 4.06. The van der Waals surface area contributed by atoms with Crippen LogP contribution in [0.2, 0.25) is 0 Å². The molecule has 1 atom stereocenters. The molecule has 100 valence electrons. The first kappa shape index (κ1) is 12.4. The third kappa shape index (κ3) is 2.30. The van der Waals surface area contributed by atoms with Gasteiger partial charge in [-0.15, -0.1) is 0 Å². The van der Waals surface area contributed by atoms with E-state index in [0.29, 0.717) is 5.92 Å². The molecule has 3 rings (SSSR count). The number of benzene rings is 1. The number of para-hydroxylation sites is 1. The lowest BCUT2D eigenvalue weighted by atomic mass is 9.98. The standard InChI is InChI=1S/C16H20N2O/c1-2-18-15-6-4-3-5-13(15)10-14(16(18)19)9-12-7-8-17-11-12/h3-6,10,12,17H,2,7-9,11H2,1H3. The van der Waals surface area contributed by atoms with E-state index in [0.717, 1.165) is 37.1 Å². The van der Waals surface area contributed by atoms with Gasteiger partial charge in [-0.1, -0.05) is 18.2 Å². The van der Waals surface area contributed by atoms with Gasteiger partial charge in [-0.25, -0.2) is 0 Å². The van der Waals surface area contributed by atoms with Crippen LogP contribution in [0.5, 0.6) is 0 Å². The van der Waals surface area contributed by atoms with Gasteiger partial charge in [-0.2, -0.15) is 0 Å². The van der Waals surface area contributed by atoms with Gasteiger partial charge in [0, 0.05) is 12.1 Å². The normalized spacial score (nSPS) is 19.1. The Kier molecular flexibility index (Phi) is 3.38. The van der Waals surface area contributed by atoms with Crippen molar-refractivity contribution in [1.82, 2.24) is 9.88 Å². The molecule has 0 bridgehead atoms. The number of aromatic nitrogens is 1. The molecule has 1 fully saturated rings. The van der Waals surface area contributed by atoms with Crippen molar-refractivity contribution in [3.63, 3.8) is 0 Å². The summed E-state index contributed by atoms with van der Waals surface area (Å²) in [6.45, 7) is 4.89. The Bertz CT molecular complexity index is 639. The molecule has 1 unspecified atom stereocenters. The Morgan fingerprint density at radius 2 is 2.21 bits per heavy atom. The SMILES string of the molecule is CCn1c(=O)c(CC2CCNC2)cc2ccccc21. The van der Waals surface area contributed by atoms with E-state index in [1.54, 1.807) is 0 Å². The van der Waals surface area contributed by atoms with Crippen LogP contribution in [0, 0.1) is 5.92 Å².